The van der Waals surface area contributed by atoms with Crippen molar-refractivity contribution in [1.82, 2.24) is 4.57 Å². The highest BCUT2D eigenvalue weighted by Gasteiger charge is 2.31. The first-order chi connectivity index (χ1) is 14.1. The molecular weight excluding hydrogens is 360 g/mol. The van der Waals surface area contributed by atoms with Crippen LogP contribution in [0.3, 0.4) is 0 Å². The van der Waals surface area contributed by atoms with Crippen molar-refractivity contribution in [2.24, 2.45) is 17.8 Å². The Morgan fingerprint density at radius 3 is 2.48 bits per heavy atom. The van der Waals surface area contributed by atoms with Crippen molar-refractivity contribution < 1.29 is 14.0 Å². The van der Waals surface area contributed by atoms with Gasteiger partial charge >= 0.3 is 0 Å². The van der Waals surface area contributed by atoms with Crippen LogP contribution in [0.1, 0.15) is 98.3 Å². The lowest BCUT2D eigenvalue weighted by atomic mass is 9.75. The first-order valence-electron chi connectivity index (χ1n) is 12.3. The Bertz CT molecular complexity index is 529. The molecule has 1 aliphatic rings. The van der Waals surface area contributed by atoms with Gasteiger partial charge in [-0.3, -0.25) is 0 Å². The quantitative estimate of drug-likeness (QED) is 0.251. The number of hydrogen-bond acceptors (Lipinski definition) is 2. The van der Waals surface area contributed by atoms with Crippen LogP contribution >= 0.6 is 0 Å². The molecule has 4 nitrogen and oxygen atoms in total. The van der Waals surface area contributed by atoms with Gasteiger partial charge < -0.3 is 9.47 Å². The van der Waals surface area contributed by atoms with Crippen molar-refractivity contribution in [2.45, 2.75) is 118 Å². The molecule has 1 fully saturated rings. The maximum Gasteiger partial charge on any atom is 0.247 e. The molecule has 1 aromatic rings. The third kappa shape index (κ3) is 9.65. The summed E-state index contributed by atoms with van der Waals surface area (Å²) >= 11 is 0. The molecule has 3 atom stereocenters. The van der Waals surface area contributed by atoms with E-state index in [2.05, 4.69) is 55.6 Å². The van der Waals surface area contributed by atoms with Crippen LogP contribution in [0.5, 0.6) is 0 Å². The molecule has 0 spiro atoms. The first kappa shape index (κ1) is 24.4. The Morgan fingerprint density at radius 1 is 1.03 bits per heavy atom. The summed E-state index contributed by atoms with van der Waals surface area (Å²) in [6, 6.07) is 0. The van der Waals surface area contributed by atoms with Crippen LogP contribution in [0.4, 0.5) is 0 Å². The molecule has 4 heteroatoms. The predicted octanol–water partition coefficient (Wildman–Crippen LogP) is 6.33. The summed E-state index contributed by atoms with van der Waals surface area (Å²) < 4.78 is 16.4. The van der Waals surface area contributed by atoms with Crippen LogP contribution in [-0.2, 0) is 22.9 Å². The summed E-state index contributed by atoms with van der Waals surface area (Å²) in [5.74, 6) is 2.19. The van der Waals surface area contributed by atoms with Gasteiger partial charge in [0.1, 0.15) is 12.4 Å². The number of ether oxygens (including phenoxy) is 2. The van der Waals surface area contributed by atoms with Crippen LogP contribution in [0, 0.1) is 17.8 Å². The third-order valence-corrected chi connectivity index (χ3v) is 6.53. The van der Waals surface area contributed by atoms with E-state index in [1.807, 2.05) is 0 Å². The highest BCUT2D eigenvalue weighted by atomic mass is 16.5. The lowest BCUT2D eigenvalue weighted by Crippen LogP contribution is -2.35. The van der Waals surface area contributed by atoms with Gasteiger partial charge in [-0.15, -0.1) is 0 Å². The maximum atomic E-state index is 6.34. The van der Waals surface area contributed by atoms with Crippen molar-refractivity contribution in [3.63, 3.8) is 0 Å². The Morgan fingerprint density at radius 2 is 1.76 bits per heavy atom. The van der Waals surface area contributed by atoms with Crippen LogP contribution in [0.15, 0.2) is 18.7 Å². The van der Waals surface area contributed by atoms with E-state index in [4.69, 9.17) is 9.47 Å². The molecule has 1 saturated carbocycles. The molecule has 0 radical (unpaired) electrons. The third-order valence-electron chi connectivity index (χ3n) is 6.53. The molecule has 3 unspecified atom stereocenters. The van der Waals surface area contributed by atoms with E-state index in [0.717, 1.165) is 12.5 Å². The zero-order chi connectivity index (χ0) is 20.9. The van der Waals surface area contributed by atoms with Crippen molar-refractivity contribution in [3.8, 4) is 0 Å². The summed E-state index contributed by atoms with van der Waals surface area (Å²) in [6.07, 6.45) is 21.3. The topological polar surface area (TPSA) is 27.3 Å². The first-order valence-corrected chi connectivity index (χ1v) is 12.3. The Kier molecular flexibility index (Phi) is 11.9. The standard InChI is InChI=1S/C25H47N2O2/c1-5-6-7-8-9-10-11-12-17-28-20-26-15-16-27(19-26)21-29-25-18-23(4)13-14-24(25)22(2)3/h15-16,19,22-25H,5-14,17-18,20-21H2,1-4H3/q+1. The molecule has 2 rings (SSSR count). The second kappa shape index (κ2) is 14.2. The van der Waals surface area contributed by atoms with Crippen LogP contribution in [0.25, 0.3) is 0 Å². The largest absolute Gasteiger partial charge is 0.342 e. The van der Waals surface area contributed by atoms with Gasteiger partial charge in [-0.1, -0.05) is 79.1 Å². The number of nitrogens with zero attached hydrogens (tertiary/aromatic N) is 2. The van der Waals surface area contributed by atoms with Gasteiger partial charge in [0.25, 0.3) is 0 Å². The van der Waals surface area contributed by atoms with E-state index in [1.54, 1.807) is 0 Å². The number of hydrogen-bond donors (Lipinski definition) is 0. The fraction of sp³-hybridized carbons (Fsp3) is 0.880. The van der Waals surface area contributed by atoms with E-state index >= 15 is 0 Å². The van der Waals surface area contributed by atoms with Gasteiger partial charge in [-0.2, -0.15) is 0 Å². The molecule has 1 heterocycles. The van der Waals surface area contributed by atoms with Gasteiger partial charge in [0.2, 0.25) is 6.33 Å². The highest BCUT2D eigenvalue weighted by molar-refractivity contribution is 4.81. The van der Waals surface area contributed by atoms with Crippen molar-refractivity contribution in [2.75, 3.05) is 6.61 Å². The predicted molar refractivity (Wildman–Crippen MR) is 119 cm³/mol. The van der Waals surface area contributed by atoms with E-state index in [9.17, 15) is 0 Å². The number of aromatic nitrogens is 2. The zero-order valence-corrected chi connectivity index (χ0v) is 19.7. The minimum absolute atomic E-state index is 0.396. The summed E-state index contributed by atoms with van der Waals surface area (Å²) in [4.78, 5) is 0. The number of imidazole rings is 1. The van der Waals surface area contributed by atoms with Gasteiger partial charge in [0.05, 0.1) is 12.7 Å². The fourth-order valence-corrected chi connectivity index (χ4v) is 4.59. The molecule has 0 N–H and O–H groups in total. The van der Waals surface area contributed by atoms with E-state index in [-0.39, 0.29) is 0 Å². The zero-order valence-electron chi connectivity index (χ0n) is 19.7. The van der Waals surface area contributed by atoms with Crippen molar-refractivity contribution in [3.05, 3.63) is 18.7 Å². The maximum absolute atomic E-state index is 6.34. The monoisotopic (exact) mass is 407 g/mol. The molecule has 168 valence electrons. The summed E-state index contributed by atoms with van der Waals surface area (Å²) in [7, 11) is 0. The van der Waals surface area contributed by atoms with Gasteiger partial charge in [0, 0.05) is 0 Å². The minimum Gasteiger partial charge on any atom is -0.342 e. The second-order valence-electron chi connectivity index (χ2n) is 9.61. The Hall–Kier alpha value is -0.870. The molecule has 0 saturated heterocycles. The van der Waals surface area contributed by atoms with Gasteiger partial charge in [-0.05, 0) is 37.0 Å². The lowest BCUT2D eigenvalue weighted by Gasteiger charge is -2.36. The van der Waals surface area contributed by atoms with E-state index in [0.29, 0.717) is 31.4 Å². The van der Waals surface area contributed by atoms with E-state index in [1.165, 1.54) is 70.6 Å². The molecule has 0 bridgehead atoms. The van der Waals surface area contributed by atoms with Gasteiger partial charge in [-0.25, -0.2) is 9.13 Å². The molecular formula is C25H47N2O2+. The average Bonchev–Trinajstić information content (AvgIpc) is 3.15. The van der Waals surface area contributed by atoms with Gasteiger partial charge in [0.15, 0.2) is 13.5 Å². The van der Waals surface area contributed by atoms with Crippen molar-refractivity contribution in [1.29, 1.82) is 0 Å². The summed E-state index contributed by atoms with van der Waals surface area (Å²) in [5.41, 5.74) is 0. The Balaban J connectivity index is 1.57. The van der Waals surface area contributed by atoms with Crippen LogP contribution in [0.2, 0.25) is 0 Å². The number of rotatable bonds is 15. The lowest BCUT2D eigenvalue weighted by molar-refractivity contribution is -0.732. The van der Waals surface area contributed by atoms with Crippen LogP contribution in [-0.4, -0.2) is 17.3 Å². The SMILES string of the molecule is CCCCCCCCCCOC[n+]1ccn(COC2CC(C)CCC2C(C)C)c1. The second-order valence-corrected chi connectivity index (χ2v) is 9.61. The molecule has 0 aromatic carbocycles. The highest BCUT2D eigenvalue weighted by Crippen LogP contribution is 2.35. The average molecular weight is 408 g/mol. The molecule has 0 amide bonds. The Labute approximate surface area is 180 Å². The molecule has 1 aliphatic carbocycles. The minimum atomic E-state index is 0.396. The van der Waals surface area contributed by atoms with Crippen LogP contribution < -0.4 is 4.57 Å². The van der Waals surface area contributed by atoms with E-state index < -0.39 is 0 Å². The molecule has 29 heavy (non-hydrogen) atoms. The summed E-state index contributed by atoms with van der Waals surface area (Å²) in [6.45, 7) is 11.5. The smallest absolute Gasteiger partial charge is 0.247 e. The molecule has 0 aliphatic heterocycles. The summed E-state index contributed by atoms with van der Waals surface area (Å²) in [5, 5.41) is 0. The van der Waals surface area contributed by atoms with Crippen molar-refractivity contribution >= 4 is 0 Å². The fourth-order valence-electron chi connectivity index (χ4n) is 4.59. The normalized spacial score (nSPS) is 22.4. The number of unbranched alkanes of at least 4 members (excludes halogenated alkanes) is 7. The molecule has 1 aromatic heterocycles.